The first kappa shape index (κ1) is 12.1. The molecule has 0 saturated carbocycles. The Balaban J connectivity index is 2.25. The number of hydrogen-bond donors (Lipinski definition) is 1. The van der Waals surface area contributed by atoms with Gasteiger partial charge in [0, 0.05) is 16.3 Å². The number of hydrogen-bond acceptors (Lipinski definition) is 5. The van der Waals surface area contributed by atoms with E-state index in [-0.39, 0.29) is 5.56 Å². The van der Waals surface area contributed by atoms with Crippen molar-refractivity contribution in [2.45, 2.75) is 17.0 Å². The summed E-state index contributed by atoms with van der Waals surface area (Å²) < 4.78 is 5.90. The maximum Gasteiger partial charge on any atom is 0.335 e. The molecule has 1 heterocycles. The maximum atomic E-state index is 10.8. The fraction of sp³-hybridized carbons (Fsp3) is 0.100. The Morgan fingerprint density at radius 1 is 1.47 bits per heavy atom. The molecule has 0 fully saturated rings. The Morgan fingerprint density at radius 2 is 2.24 bits per heavy atom. The van der Waals surface area contributed by atoms with Crippen molar-refractivity contribution < 1.29 is 14.3 Å². The van der Waals surface area contributed by atoms with Crippen molar-refractivity contribution in [3.05, 3.63) is 34.1 Å². The zero-order valence-corrected chi connectivity index (χ0v) is 11.1. The van der Waals surface area contributed by atoms with E-state index in [1.54, 1.807) is 13.0 Å². The minimum atomic E-state index is -0.962. The lowest BCUT2D eigenvalue weighted by atomic mass is 10.2. The molecule has 0 aliphatic heterocycles. The predicted octanol–water partition coefficient (Wildman–Crippen LogP) is 2.99. The Labute approximate surface area is 109 Å². The van der Waals surface area contributed by atoms with Crippen LogP contribution in [0, 0.1) is 6.92 Å². The molecule has 2 rings (SSSR count). The fourth-order valence-corrected chi connectivity index (χ4v) is 2.48. The molecule has 5 nitrogen and oxygen atoms in total. The van der Waals surface area contributed by atoms with Crippen molar-refractivity contribution in [1.82, 2.24) is 10.2 Å². The van der Waals surface area contributed by atoms with Crippen molar-refractivity contribution in [2.75, 3.05) is 0 Å². The molecule has 0 aliphatic rings. The molecule has 0 unspecified atom stereocenters. The van der Waals surface area contributed by atoms with Crippen molar-refractivity contribution in [3.63, 3.8) is 0 Å². The molecule has 17 heavy (non-hydrogen) atoms. The van der Waals surface area contributed by atoms with Crippen molar-refractivity contribution in [1.29, 1.82) is 0 Å². The molecule has 1 aromatic heterocycles. The molecule has 0 aliphatic carbocycles. The van der Waals surface area contributed by atoms with Gasteiger partial charge >= 0.3 is 5.97 Å². The molecule has 1 N–H and O–H groups in total. The van der Waals surface area contributed by atoms with E-state index in [9.17, 15) is 4.79 Å². The van der Waals surface area contributed by atoms with Gasteiger partial charge in [0.1, 0.15) is 0 Å². The maximum absolute atomic E-state index is 10.8. The van der Waals surface area contributed by atoms with Gasteiger partial charge in [-0.3, -0.25) is 0 Å². The quantitative estimate of drug-likeness (QED) is 0.938. The molecule has 7 heteroatoms. The predicted molar refractivity (Wildman–Crippen MR) is 64.3 cm³/mol. The van der Waals surface area contributed by atoms with Gasteiger partial charge in [0.05, 0.1) is 5.56 Å². The lowest BCUT2D eigenvalue weighted by molar-refractivity contribution is 0.0696. The first-order valence-corrected chi connectivity index (χ1v) is 6.18. The third kappa shape index (κ3) is 2.86. The molecule has 2 aromatic rings. The number of carboxylic acids is 1. The monoisotopic (exact) mass is 314 g/mol. The number of benzene rings is 1. The summed E-state index contributed by atoms with van der Waals surface area (Å²) in [7, 11) is 0. The van der Waals surface area contributed by atoms with E-state index in [4.69, 9.17) is 9.52 Å². The van der Waals surface area contributed by atoms with Gasteiger partial charge in [-0.15, -0.1) is 10.2 Å². The van der Waals surface area contributed by atoms with Crippen LogP contribution in [0.4, 0.5) is 0 Å². The molecule has 0 atom stereocenters. The Kier molecular flexibility index (Phi) is 3.49. The fourth-order valence-electron chi connectivity index (χ4n) is 1.13. The number of halogens is 1. The van der Waals surface area contributed by atoms with Crippen LogP contribution in [0.5, 0.6) is 0 Å². The van der Waals surface area contributed by atoms with E-state index in [1.807, 2.05) is 0 Å². The summed E-state index contributed by atoms with van der Waals surface area (Å²) in [5.41, 5.74) is 0.225. The summed E-state index contributed by atoms with van der Waals surface area (Å²) in [6, 6.07) is 4.75. The van der Waals surface area contributed by atoms with Crippen LogP contribution in [-0.4, -0.2) is 21.3 Å². The number of aryl methyl sites for hydroxylation is 1. The SMILES string of the molecule is Cc1nnc(Sc2ccc(C(=O)O)cc2Br)o1. The van der Waals surface area contributed by atoms with Gasteiger partial charge < -0.3 is 9.52 Å². The minimum Gasteiger partial charge on any atom is -0.478 e. The summed E-state index contributed by atoms with van der Waals surface area (Å²) in [6.45, 7) is 1.71. The molecule has 88 valence electrons. The number of nitrogens with zero attached hydrogens (tertiary/aromatic N) is 2. The van der Waals surface area contributed by atoms with E-state index in [1.165, 1.54) is 23.9 Å². The third-order valence-corrected chi connectivity index (χ3v) is 3.72. The highest BCUT2D eigenvalue weighted by atomic mass is 79.9. The van der Waals surface area contributed by atoms with Crippen LogP contribution in [0.3, 0.4) is 0 Å². The average Bonchev–Trinajstić information content (AvgIpc) is 2.67. The molecule has 1 aromatic carbocycles. The van der Waals surface area contributed by atoms with Crippen LogP contribution in [0.2, 0.25) is 0 Å². The standard InChI is InChI=1S/C10H7BrN2O3S/c1-5-12-13-10(16-5)17-8-3-2-6(9(14)15)4-7(8)11/h2-4H,1H3,(H,14,15). The number of rotatable bonds is 3. The van der Waals surface area contributed by atoms with E-state index < -0.39 is 5.97 Å². The molecule has 0 bridgehead atoms. The van der Waals surface area contributed by atoms with Gasteiger partial charge in [-0.2, -0.15) is 0 Å². The number of carboxylic acid groups (broad SMARTS) is 1. The van der Waals surface area contributed by atoms with Crippen LogP contribution in [-0.2, 0) is 0 Å². The Morgan fingerprint density at radius 3 is 2.76 bits per heavy atom. The van der Waals surface area contributed by atoms with Gasteiger partial charge in [0.15, 0.2) is 0 Å². The largest absolute Gasteiger partial charge is 0.478 e. The summed E-state index contributed by atoms with van der Waals surface area (Å²) >= 11 is 4.58. The van der Waals surface area contributed by atoms with Crippen LogP contribution in [0.15, 0.2) is 37.2 Å². The van der Waals surface area contributed by atoms with Gasteiger partial charge in [-0.25, -0.2) is 4.79 Å². The van der Waals surface area contributed by atoms with Crippen LogP contribution < -0.4 is 0 Å². The van der Waals surface area contributed by atoms with Crippen molar-refractivity contribution >= 4 is 33.7 Å². The molecular formula is C10H7BrN2O3S. The normalized spacial score (nSPS) is 10.5. The lowest BCUT2D eigenvalue weighted by Gasteiger charge is -2.01. The highest BCUT2D eigenvalue weighted by Gasteiger charge is 2.10. The van der Waals surface area contributed by atoms with E-state index >= 15 is 0 Å². The van der Waals surface area contributed by atoms with Crippen LogP contribution in [0.25, 0.3) is 0 Å². The summed E-state index contributed by atoms with van der Waals surface area (Å²) in [4.78, 5) is 11.6. The Bertz CT molecular complexity index is 570. The average molecular weight is 315 g/mol. The Hall–Kier alpha value is -1.34. The van der Waals surface area contributed by atoms with Gasteiger partial charge in [0.25, 0.3) is 5.22 Å². The zero-order valence-electron chi connectivity index (χ0n) is 8.68. The second-order valence-corrected chi connectivity index (χ2v) is 4.99. The first-order valence-electron chi connectivity index (χ1n) is 4.57. The molecular weight excluding hydrogens is 308 g/mol. The lowest BCUT2D eigenvalue weighted by Crippen LogP contribution is -1.95. The summed E-state index contributed by atoms with van der Waals surface area (Å²) in [5, 5.41) is 16.8. The van der Waals surface area contributed by atoms with E-state index in [0.717, 1.165) is 4.90 Å². The van der Waals surface area contributed by atoms with E-state index in [0.29, 0.717) is 15.6 Å². The summed E-state index contributed by atoms with van der Waals surface area (Å²) in [5.74, 6) is -0.471. The zero-order chi connectivity index (χ0) is 12.4. The van der Waals surface area contributed by atoms with Crippen molar-refractivity contribution in [2.24, 2.45) is 0 Å². The smallest absolute Gasteiger partial charge is 0.335 e. The van der Waals surface area contributed by atoms with Crippen LogP contribution in [0.1, 0.15) is 16.2 Å². The highest BCUT2D eigenvalue weighted by molar-refractivity contribution is 9.10. The molecule has 0 radical (unpaired) electrons. The number of aromatic nitrogens is 2. The van der Waals surface area contributed by atoms with Gasteiger partial charge in [0.2, 0.25) is 5.89 Å². The molecule has 0 amide bonds. The summed E-state index contributed by atoms with van der Waals surface area (Å²) in [6.07, 6.45) is 0. The highest BCUT2D eigenvalue weighted by Crippen LogP contribution is 2.33. The van der Waals surface area contributed by atoms with E-state index in [2.05, 4.69) is 26.1 Å². The number of carbonyl (C=O) groups is 1. The van der Waals surface area contributed by atoms with Crippen molar-refractivity contribution in [3.8, 4) is 0 Å². The first-order chi connectivity index (χ1) is 8.06. The van der Waals surface area contributed by atoms with Crippen LogP contribution >= 0.6 is 27.7 Å². The number of aromatic carboxylic acids is 1. The minimum absolute atomic E-state index is 0.225. The third-order valence-electron chi connectivity index (χ3n) is 1.88. The topological polar surface area (TPSA) is 76.2 Å². The van der Waals surface area contributed by atoms with Gasteiger partial charge in [-0.05, 0) is 45.9 Å². The second kappa shape index (κ2) is 4.89. The molecule has 0 saturated heterocycles. The molecule has 0 spiro atoms. The second-order valence-electron chi connectivity index (χ2n) is 3.14. The van der Waals surface area contributed by atoms with Gasteiger partial charge in [-0.1, -0.05) is 0 Å².